The SMILES string of the molecule is O=[N+]([O-])C1=C(O)C=C2OCOC2C#C1. The molecule has 72 valence electrons. The van der Waals surface area contributed by atoms with E-state index in [1.165, 1.54) is 0 Å². The highest BCUT2D eigenvalue weighted by Crippen LogP contribution is 2.21. The average molecular weight is 195 g/mol. The third kappa shape index (κ3) is 1.30. The third-order valence-corrected chi connectivity index (χ3v) is 1.74. The molecule has 6 heteroatoms. The maximum absolute atomic E-state index is 10.4. The number of allylic oxidation sites excluding steroid dienone is 2. The molecular formula is C8H5NO5. The minimum absolute atomic E-state index is 0.0479. The van der Waals surface area contributed by atoms with Gasteiger partial charge in [0.05, 0.1) is 4.92 Å². The zero-order valence-electron chi connectivity index (χ0n) is 6.89. The molecule has 1 fully saturated rings. The molecule has 1 aliphatic carbocycles. The van der Waals surface area contributed by atoms with Gasteiger partial charge < -0.3 is 14.6 Å². The van der Waals surface area contributed by atoms with Crippen molar-refractivity contribution in [3.05, 3.63) is 33.4 Å². The molecule has 0 bridgehead atoms. The highest BCUT2D eigenvalue weighted by Gasteiger charge is 2.27. The lowest BCUT2D eigenvalue weighted by Gasteiger charge is -1.96. The van der Waals surface area contributed by atoms with Gasteiger partial charge in [-0.15, -0.1) is 0 Å². The lowest BCUT2D eigenvalue weighted by Crippen LogP contribution is -2.02. The summed E-state index contributed by atoms with van der Waals surface area (Å²) in [6, 6.07) is 0. The monoisotopic (exact) mass is 195 g/mol. The van der Waals surface area contributed by atoms with Crippen LogP contribution in [0.15, 0.2) is 23.3 Å². The van der Waals surface area contributed by atoms with Gasteiger partial charge in [-0.1, -0.05) is 5.92 Å². The molecule has 1 heterocycles. The zero-order chi connectivity index (χ0) is 10.1. The lowest BCUT2D eigenvalue weighted by molar-refractivity contribution is -0.419. The van der Waals surface area contributed by atoms with E-state index in [4.69, 9.17) is 9.47 Å². The molecule has 1 saturated heterocycles. The van der Waals surface area contributed by atoms with Crippen molar-refractivity contribution in [3.63, 3.8) is 0 Å². The van der Waals surface area contributed by atoms with Crippen LogP contribution in [0.1, 0.15) is 0 Å². The van der Waals surface area contributed by atoms with Crippen LogP contribution in [-0.4, -0.2) is 22.9 Å². The second kappa shape index (κ2) is 3.05. The summed E-state index contributed by atoms with van der Waals surface area (Å²) < 4.78 is 9.94. The van der Waals surface area contributed by atoms with Gasteiger partial charge in [0.25, 0.3) is 0 Å². The van der Waals surface area contributed by atoms with Crippen LogP contribution in [0.25, 0.3) is 0 Å². The van der Waals surface area contributed by atoms with E-state index in [1.54, 1.807) is 0 Å². The summed E-state index contributed by atoms with van der Waals surface area (Å²) >= 11 is 0. The number of aliphatic hydroxyl groups excluding tert-OH is 1. The van der Waals surface area contributed by atoms with Gasteiger partial charge in [-0.3, -0.25) is 10.1 Å². The molecule has 0 spiro atoms. The van der Waals surface area contributed by atoms with Crippen LogP contribution in [0.4, 0.5) is 0 Å². The van der Waals surface area contributed by atoms with Crippen molar-refractivity contribution in [2.24, 2.45) is 0 Å². The van der Waals surface area contributed by atoms with Crippen molar-refractivity contribution < 1.29 is 19.5 Å². The third-order valence-electron chi connectivity index (χ3n) is 1.74. The zero-order valence-corrected chi connectivity index (χ0v) is 6.89. The van der Waals surface area contributed by atoms with Gasteiger partial charge in [0, 0.05) is 12.0 Å². The average Bonchev–Trinajstić information content (AvgIpc) is 2.47. The van der Waals surface area contributed by atoms with E-state index in [-0.39, 0.29) is 6.79 Å². The molecule has 2 aliphatic rings. The molecule has 6 nitrogen and oxygen atoms in total. The second-order valence-electron chi connectivity index (χ2n) is 2.62. The van der Waals surface area contributed by atoms with Crippen LogP contribution < -0.4 is 0 Å². The summed E-state index contributed by atoms with van der Waals surface area (Å²) in [5.41, 5.74) is -0.542. The number of rotatable bonds is 1. The molecule has 1 aliphatic heterocycles. The number of nitro groups is 1. The van der Waals surface area contributed by atoms with Crippen molar-refractivity contribution in [1.29, 1.82) is 0 Å². The van der Waals surface area contributed by atoms with Gasteiger partial charge in [-0.2, -0.15) is 0 Å². The maximum atomic E-state index is 10.4. The van der Waals surface area contributed by atoms with E-state index in [0.717, 1.165) is 6.08 Å². The number of nitrogens with zero attached hydrogens (tertiary/aromatic N) is 1. The fraction of sp³-hybridized carbons (Fsp3) is 0.250. The smallest absolute Gasteiger partial charge is 0.361 e. The maximum Gasteiger partial charge on any atom is 0.361 e. The summed E-state index contributed by atoms with van der Waals surface area (Å²) in [5, 5.41) is 19.7. The first kappa shape index (κ1) is 8.59. The van der Waals surface area contributed by atoms with E-state index in [2.05, 4.69) is 11.8 Å². The predicted octanol–water partition coefficient (Wildman–Crippen LogP) is 0.306. The Kier molecular flexibility index (Phi) is 1.87. The summed E-state index contributed by atoms with van der Waals surface area (Å²) in [6.07, 6.45) is 0.526. The Bertz CT molecular complexity index is 411. The number of fused-ring (bicyclic) bond motifs is 1. The molecule has 1 N–H and O–H groups in total. The molecular weight excluding hydrogens is 190 g/mol. The molecule has 0 aromatic heterocycles. The molecule has 14 heavy (non-hydrogen) atoms. The van der Waals surface area contributed by atoms with E-state index in [9.17, 15) is 15.2 Å². The molecule has 1 unspecified atom stereocenters. The minimum Gasteiger partial charge on any atom is -0.501 e. The first-order valence-electron chi connectivity index (χ1n) is 3.73. The fourth-order valence-corrected chi connectivity index (χ4v) is 1.10. The summed E-state index contributed by atoms with van der Waals surface area (Å²) in [4.78, 5) is 9.66. The van der Waals surface area contributed by atoms with Gasteiger partial charge in [-0.05, 0) is 0 Å². The molecule has 2 rings (SSSR count). The van der Waals surface area contributed by atoms with Crippen LogP contribution in [-0.2, 0) is 9.47 Å². The van der Waals surface area contributed by atoms with Crippen LogP contribution in [0.3, 0.4) is 0 Å². The number of ether oxygens (including phenoxy) is 2. The Morgan fingerprint density at radius 3 is 3.21 bits per heavy atom. The minimum atomic E-state index is -0.750. The van der Waals surface area contributed by atoms with Crippen molar-refractivity contribution in [3.8, 4) is 11.8 Å². The van der Waals surface area contributed by atoms with Crippen molar-refractivity contribution >= 4 is 0 Å². The van der Waals surface area contributed by atoms with E-state index < -0.39 is 22.5 Å². The summed E-state index contributed by atoms with van der Waals surface area (Å²) in [7, 11) is 0. The standard InChI is InChI=1S/C8H5NO5/c10-6-3-8-7(13-4-14-8)2-1-5(6)9(11)12/h3,7,10H,4H2. The van der Waals surface area contributed by atoms with Gasteiger partial charge in [0.15, 0.2) is 12.9 Å². The largest absolute Gasteiger partial charge is 0.501 e. The van der Waals surface area contributed by atoms with Crippen molar-refractivity contribution in [2.75, 3.05) is 6.79 Å². The van der Waals surface area contributed by atoms with Crippen LogP contribution in [0.5, 0.6) is 0 Å². The highest BCUT2D eigenvalue weighted by molar-refractivity contribution is 5.39. The van der Waals surface area contributed by atoms with E-state index >= 15 is 0 Å². The molecule has 1 atom stereocenters. The molecule has 0 saturated carbocycles. The van der Waals surface area contributed by atoms with Gasteiger partial charge >= 0.3 is 5.70 Å². The molecule has 0 amide bonds. The topological polar surface area (TPSA) is 81.8 Å². The van der Waals surface area contributed by atoms with Gasteiger partial charge in [-0.25, -0.2) is 0 Å². The number of hydrogen-bond donors (Lipinski definition) is 1. The Balaban J connectivity index is 2.45. The lowest BCUT2D eigenvalue weighted by atomic mass is 10.3. The summed E-state index contributed by atoms with van der Waals surface area (Å²) in [6.45, 7) is 0.0479. The van der Waals surface area contributed by atoms with Crippen LogP contribution >= 0.6 is 0 Å². The molecule has 0 aromatic carbocycles. The Morgan fingerprint density at radius 2 is 2.50 bits per heavy atom. The van der Waals surface area contributed by atoms with E-state index in [0.29, 0.717) is 5.76 Å². The highest BCUT2D eigenvalue weighted by atomic mass is 16.7. The first-order chi connectivity index (χ1) is 6.68. The molecule has 0 radical (unpaired) electrons. The van der Waals surface area contributed by atoms with Crippen molar-refractivity contribution in [2.45, 2.75) is 6.10 Å². The van der Waals surface area contributed by atoms with Gasteiger partial charge in [0.1, 0.15) is 5.76 Å². The normalized spacial score (nSPS) is 24.0. The fourth-order valence-electron chi connectivity index (χ4n) is 1.10. The Labute approximate surface area is 78.6 Å². The van der Waals surface area contributed by atoms with Crippen LogP contribution in [0, 0.1) is 22.0 Å². The quantitative estimate of drug-likeness (QED) is 0.370. The van der Waals surface area contributed by atoms with Crippen molar-refractivity contribution in [1.82, 2.24) is 0 Å². The second-order valence-corrected chi connectivity index (χ2v) is 2.62. The Morgan fingerprint density at radius 1 is 1.71 bits per heavy atom. The number of hydrogen-bond acceptors (Lipinski definition) is 5. The Hall–Kier alpha value is -2.00. The van der Waals surface area contributed by atoms with E-state index in [1.807, 2.05) is 0 Å². The summed E-state index contributed by atoms with van der Waals surface area (Å²) in [5.74, 6) is 4.50. The van der Waals surface area contributed by atoms with Gasteiger partial charge in [0.2, 0.25) is 5.76 Å². The first-order valence-corrected chi connectivity index (χ1v) is 3.73. The predicted molar refractivity (Wildman–Crippen MR) is 43.3 cm³/mol. The number of aliphatic hydroxyl groups is 1. The van der Waals surface area contributed by atoms with Crippen LogP contribution in [0.2, 0.25) is 0 Å². The molecule has 0 aromatic rings.